The molecule has 0 aliphatic carbocycles. The van der Waals surface area contributed by atoms with Crippen LogP contribution in [0.25, 0.3) is 0 Å². The van der Waals surface area contributed by atoms with Crippen LogP contribution in [0.4, 0.5) is 4.79 Å². The molecule has 1 aliphatic heterocycles. The molecule has 0 bridgehead atoms. The van der Waals surface area contributed by atoms with Crippen molar-refractivity contribution < 1.29 is 19.8 Å². The molecule has 1 atom stereocenters. The Labute approximate surface area is 144 Å². The van der Waals surface area contributed by atoms with E-state index in [1.807, 2.05) is 13.0 Å². The van der Waals surface area contributed by atoms with Gasteiger partial charge in [0.1, 0.15) is 17.0 Å². The van der Waals surface area contributed by atoms with Gasteiger partial charge in [-0.05, 0) is 24.1 Å². The minimum atomic E-state index is -1.16. The van der Waals surface area contributed by atoms with E-state index < -0.39 is 17.5 Å². The lowest BCUT2D eigenvalue weighted by atomic mass is 9.87. The predicted octanol–water partition coefficient (Wildman–Crippen LogP) is 2.29. The molecule has 1 heterocycles. The smallest absolute Gasteiger partial charge is 0.346 e. The average molecular weight is 339 g/mol. The fourth-order valence-corrected chi connectivity index (χ4v) is 2.79. The van der Waals surface area contributed by atoms with Crippen molar-refractivity contribution in [1.29, 1.82) is 0 Å². The highest BCUT2D eigenvalue weighted by Gasteiger charge is 2.51. The molecular formula is C18H17N3O4. The van der Waals surface area contributed by atoms with Gasteiger partial charge in [-0.3, -0.25) is 4.79 Å². The molecule has 2 aromatic rings. The van der Waals surface area contributed by atoms with Crippen LogP contribution in [0.2, 0.25) is 0 Å². The van der Waals surface area contributed by atoms with Crippen molar-refractivity contribution in [2.45, 2.75) is 18.9 Å². The van der Waals surface area contributed by atoms with Crippen LogP contribution in [0.3, 0.4) is 0 Å². The number of benzene rings is 2. The minimum Gasteiger partial charge on any atom is -0.508 e. The Morgan fingerprint density at radius 2 is 1.88 bits per heavy atom. The largest absolute Gasteiger partial charge is 0.508 e. The number of amides is 3. The van der Waals surface area contributed by atoms with Gasteiger partial charge in [0.05, 0.1) is 6.21 Å². The van der Waals surface area contributed by atoms with Gasteiger partial charge in [0.25, 0.3) is 5.91 Å². The standard InChI is InChI=1S/C18H17N3O4/c1-2-18(13-6-4-3-5-7-13)16(24)21(17(25)20-18)19-11-12-8-9-14(22)10-15(12)23/h3-11,22-23H,2H2,1H3,(H,20,25)/b19-11+/t18-/m1/s1. The third-order valence-electron chi connectivity index (χ3n) is 4.19. The molecule has 0 unspecified atom stereocenters. The number of hydrazone groups is 1. The van der Waals surface area contributed by atoms with E-state index in [4.69, 9.17) is 0 Å². The van der Waals surface area contributed by atoms with E-state index >= 15 is 0 Å². The molecule has 0 spiro atoms. The summed E-state index contributed by atoms with van der Waals surface area (Å²) in [6.45, 7) is 1.81. The summed E-state index contributed by atoms with van der Waals surface area (Å²) in [5.74, 6) is -0.792. The van der Waals surface area contributed by atoms with Crippen LogP contribution < -0.4 is 5.32 Å². The molecule has 128 valence electrons. The van der Waals surface area contributed by atoms with E-state index in [0.717, 1.165) is 11.1 Å². The molecule has 3 amide bonds. The number of rotatable bonds is 4. The molecule has 0 radical (unpaired) electrons. The number of nitrogens with one attached hydrogen (secondary N) is 1. The number of phenolic OH excluding ortho intramolecular Hbond substituents is 2. The number of aromatic hydroxyl groups is 2. The Bertz CT molecular complexity index is 851. The lowest BCUT2D eigenvalue weighted by Crippen LogP contribution is -2.43. The van der Waals surface area contributed by atoms with E-state index in [9.17, 15) is 19.8 Å². The SMILES string of the molecule is CC[C@]1(c2ccccc2)NC(=O)N(/N=C/c2ccc(O)cc2O)C1=O. The highest BCUT2D eigenvalue weighted by Crippen LogP contribution is 2.32. The number of imide groups is 1. The lowest BCUT2D eigenvalue weighted by molar-refractivity contribution is -0.131. The van der Waals surface area contributed by atoms with Crippen molar-refractivity contribution in [1.82, 2.24) is 10.3 Å². The highest BCUT2D eigenvalue weighted by atomic mass is 16.3. The summed E-state index contributed by atoms with van der Waals surface area (Å²) in [7, 11) is 0. The maximum absolute atomic E-state index is 12.9. The van der Waals surface area contributed by atoms with Gasteiger partial charge in [-0.2, -0.15) is 5.10 Å². The maximum atomic E-state index is 12.9. The van der Waals surface area contributed by atoms with Crippen LogP contribution in [0, 0.1) is 0 Å². The van der Waals surface area contributed by atoms with Gasteiger partial charge in [-0.1, -0.05) is 37.3 Å². The third-order valence-corrected chi connectivity index (χ3v) is 4.19. The maximum Gasteiger partial charge on any atom is 0.346 e. The second kappa shape index (κ2) is 6.27. The molecule has 2 aromatic carbocycles. The molecule has 3 rings (SSSR count). The number of urea groups is 1. The first-order chi connectivity index (χ1) is 12.0. The third kappa shape index (κ3) is 2.80. The first-order valence-corrected chi connectivity index (χ1v) is 7.76. The number of carbonyl (C=O) groups excluding carboxylic acids is 2. The highest BCUT2D eigenvalue weighted by molar-refractivity contribution is 6.07. The van der Waals surface area contributed by atoms with E-state index in [0.29, 0.717) is 12.0 Å². The van der Waals surface area contributed by atoms with Gasteiger partial charge in [0.2, 0.25) is 0 Å². The van der Waals surface area contributed by atoms with Gasteiger partial charge < -0.3 is 15.5 Å². The van der Waals surface area contributed by atoms with Gasteiger partial charge >= 0.3 is 6.03 Å². The summed E-state index contributed by atoms with van der Waals surface area (Å²) in [6, 6.07) is 12.3. The van der Waals surface area contributed by atoms with Crippen molar-refractivity contribution in [3.05, 3.63) is 59.7 Å². The molecule has 0 saturated carbocycles. The van der Waals surface area contributed by atoms with Crippen LogP contribution in [0.15, 0.2) is 53.6 Å². The fraction of sp³-hybridized carbons (Fsp3) is 0.167. The molecule has 0 aromatic heterocycles. The van der Waals surface area contributed by atoms with Crippen LogP contribution in [-0.4, -0.2) is 33.4 Å². The molecule has 3 N–H and O–H groups in total. The molecule has 7 nitrogen and oxygen atoms in total. The molecule has 1 aliphatic rings. The zero-order valence-electron chi connectivity index (χ0n) is 13.5. The van der Waals surface area contributed by atoms with Crippen LogP contribution >= 0.6 is 0 Å². The van der Waals surface area contributed by atoms with E-state index in [2.05, 4.69) is 10.4 Å². The van der Waals surface area contributed by atoms with Gasteiger partial charge in [-0.25, -0.2) is 4.79 Å². The molecule has 7 heteroatoms. The van der Waals surface area contributed by atoms with Crippen molar-refractivity contribution in [2.75, 3.05) is 0 Å². The molecule has 25 heavy (non-hydrogen) atoms. The van der Waals surface area contributed by atoms with Gasteiger partial charge in [-0.15, -0.1) is 5.01 Å². The Morgan fingerprint density at radius 3 is 2.52 bits per heavy atom. The Balaban J connectivity index is 1.92. The molecule has 1 fully saturated rings. The average Bonchev–Trinajstić information content (AvgIpc) is 2.86. The van der Waals surface area contributed by atoms with Crippen molar-refractivity contribution in [2.24, 2.45) is 5.10 Å². The summed E-state index contributed by atoms with van der Waals surface area (Å²) in [5.41, 5.74) is -0.208. The number of phenols is 2. The van der Waals surface area contributed by atoms with E-state index in [-0.39, 0.29) is 17.1 Å². The summed E-state index contributed by atoms with van der Waals surface area (Å²) >= 11 is 0. The van der Waals surface area contributed by atoms with E-state index in [1.54, 1.807) is 24.3 Å². The topological polar surface area (TPSA) is 102 Å². The minimum absolute atomic E-state index is 0.0984. The summed E-state index contributed by atoms with van der Waals surface area (Å²) in [4.78, 5) is 25.1. The summed E-state index contributed by atoms with van der Waals surface area (Å²) < 4.78 is 0. The number of hydrogen-bond donors (Lipinski definition) is 3. The number of nitrogens with zero attached hydrogens (tertiary/aromatic N) is 2. The lowest BCUT2D eigenvalue weighted by Gasteiger charge is -2.24. The Hall–Kier alpha value is -3.35. The van der Waals surface area contributed by atoms with Crippen molar-refractivity contribution in [3.63, 3.8) is 0 Å². The zero-order valence-corrected chi connectivity index (χ0v) is 13.5. The van der Waals surface area contributed by atoms with Crippen LogP contribution in [0.5, 0.6) is 11.5 Å². The predicted molar refractivity (Wildman–Crippen MR) is 91.2 cm³/mol. The number of carbonyl (C=O) groups is 2. The quantitative estimate of drug-likeness (QED) is 0.587. The van der Waals surface area contributed by atoms with Crippen LogP contribution in [-0.2, 0) is 10.3 Å². The van der Waals surface area contributed by atoms with Crippen molar-refractivity contribution in [3.8, 4) is 11.5 Å². The zero-order chi connectivity index (χ0) is 18.0. The first-order valence-electron chi connectivity index (χ1n) is 7.76. The second-order valence-electron chi connectivity index (χ2n) is 5.66. The first kappa shape index (κ1) is 16.5. The monoisotopic (exact) mass is 339 g/mol. The summed E-state index contributed by atoms with van der Waals surface area (Å²) in [5, 5.41) is 26.5. The second-order valence-corrected chi connectivity index (χ2v) is 5.66. The molecule has 1 saturated heterocycles. The Kier molecular flexibility index (Phi) is 4.14. The van der Waals surface area contributed by atoms with Gasteiger partial charge in [0, 0.05) is 11.6 Å². The van der Waals surface area contributed by atoms with Crippen LogP contribution in [0.1, 0.15) is 24.5 Å². The van der Waals surface area contributed by atoms with E-state index in [1.165, 1.54) is 18.3 Å². The van der Waals surface area contributed by atoms with Crippen molar-refractivity contribution >= 4 is 18.2 Å². The normalized spacial score (nSPS) is 20.3. The number of hydrogen-bond acceptors (Lipinski definition) is 5. The van der Waals surface area contributed by atoms with Gasteiger partial charge in [0.15, 0.2) is 0 Å². The Morgan fingerprint density at radius 1 is 1.16 bits per heavy atom. The fourth-order valence-electron chi connectivity index (χ4n) is 2.79. The summed E-state index contributed by atoms with van der Waals surface area (Å²) in [6.07, 6.45) is 1.57. The molecular weight excluding hydrogens is 322 g/mol.